The Kier molecular flexibility index (Phi) is 4.26. The summed E-state index contributed by atoms with van der Waals surface area (Å²) >= 11 is 9.21. The maximum absolute atomic E-state index is 10.9. The van der Waals surface area contributed by atoms with Crippen LogP contribution in [0.15, 0.2) is 53.0 Å². The molecule has 0 amide bonds. The molecular formula is C15H11BrClNO. The number of aliphatic hydroxyl groups is 1. The molecule has 19 heavy (non-hydrogen) atoms. The van der Waals surface area contributed by atoms with Gasteiger partial charge in [-0.15, -0.1) is 0 Å². The molecule has 0 fully saturated rings. The van der Waals surface area contributed by atoms with Gasteiger partial charge in [-0.1, -0.05) is 51.8 Å². The number of rotatable bonds is 3. The fourth-order valence-corrected chi connectivity index (χ4v) is 2.33. The van der Waals surface area contributed by atoms with Gasteiger partial charge in [0.15, 0.2) is 0 Å². The topological polar surface area (TPSA) is 44.0 Å². The van der Waals surface area contributed by atoms with Crippen molar-refractivity contribution in [3.05, 3.63) is 69.2 Å². The average Bonchev–Trinajstić information content (AvgIpc) is 2.40. The van der Waals surface area contributed by atoms with Crippen LogP contribution in [0.2, 0.25) is 5.02 Å². The van der Waals surface area contributed by atoms with E-state index in [9.17, 15) is 5.11 Å². The minimum absolute atomic E-state index is 0.0176. The molecule has 0 aliphatic rings. The lowest BCUT2D eigenvalue weighted by Crippen LogP contribution is -2.26. The molecule has 0 radical (unpaired) electrons. The number of nitriles is 1. The molecule has 2 rings (SSSR count). The smallest absolute Gasteiger partial charge is 0.128 e. The summed E-state index contributed by atoms with van der Waals surface area (Å²) in [6, 6.07) is 16.2. The highest BCUT2D eigenvalue weighted by atomic mass is 79.9. The van der Waals surface area contributed by atoms with Gasteiger partial charge >= 0.3 is 0 Å². The minimum Gasteiger partial charge on any atom is -0.379 e. The van der Waals surface area contributed by atoms with E-state index in [1.807, 2.05) is 18.2 Å². The van der Waals surface area contributed by atoms with Crippen LogP contribution in [0.25, 0.3) is 0 Å². The minimum atomic E-state index is -1.32. The van der Waals surface area contributed by atoms with Crippen LogP contribution in [-0.2, 0) is 5.60 Å². The molecule has 2 aromatic carbocycles. The molecule has 0 saturated heterocycles. The van der Waals surface area contributed by atoms with E-state index in [1.54, 1.807) is 36.4 Å². The molecule has 1 atom stereocenters. The lowest BCUT2D eigenvalue weighted by atomic mass is 9.84. The first-order valence-corrected chi connectivity index (χ1v) is 6.85. The first-order valence-electron chi connectivity index (χ1n) is 5.68. The standard InChI is InChI=1S/C15H11BrClNO/c16-13-5-1-11(2-6-13)15(19,9-10-18)12-3-7-14(17)8-4-12/h1-8,19H,9H2. The van der Waals surface area contributed by atoms with Crippen molar-refractivity contribution < 1.29 is 5.11 Å². The van der Waals surface area contributed by atoms with E-state index in [0.717, 1.165) is 4.47 Å². The van der Waals surface area contributed by atoms with Crippen LogP contribution in [0.1, 0.15) is 17.5 Å². The van der Waals surface area contributed by atoms with Gasteiger partial charge in [0.1, 0.15) is 5.60 Å². The largest absolute Gasteiger partial charge is 0.379 e. The van der Waals surface area contributed by atoms with Crippen LogP contribution in [-0.4, -0.2) is 5.11 Å². The third kappa shape index (κ3) is 2.98. The molecular weight excluding hydrogens is 326 g/mol. The van der Waals surface area contributed by atoms with Crippen LogP contribution >= 0.6 is 27.5 Å². The summed E-state index contributed by atoms with van der Waals surface area (Å²) in [5.74, 6) is 0. The third-order valence-corrected chi connectivity index (χ3v) is 3.76. The van der Waals surface area contributed by atoms with Gasteiger partial charge in [-0.3, -0.25) is 0 Å². The number of hydrogen-bond donors (Lipinski definition) is 1. The maximum atomic E-state index is 10.9. The van der Waals surface area contributed by atoms with Crippen molar-refractivity contribution in [3.63, 3.8) is 0 Å². The van der Waals surface area contributed by atoms with Crippen molar-refractivity contribution in [1.82, 2.24) is 0 Å². The molecule has 1 N–H and O–H groups in total. The van der Waals surface area contributed by atoms with Crippen molar-refractivity contribution in [1.29, 1.82) is 5.26 Å². The molecule has 0 saturated carbocycles. The fourth-order valence-electron chi connectivity index (χ4n) is 1.94. The van der Waals surface area contributed by atoms with Gasteiger partial charge in [0.25, 0.3) is 0 Å². The summed E-state index contributed by atoms with van der Waals surface area (Å²) < 4.78 is 0.923. The van der Waals surface area contributed by atoms with E-state index in [-0.39, 0.29) is 6.42 Å². The predicted octanol–water partition coefficient (Wildman–Crippen LogP) is 4.25. The molecule has 0 bridgehead atoms. The summed E-state index contributed by atoms with van der Waals surface area (Å²) in [6.45, 7) is 0. The molecule has 0 spiro atoms. The highest BCUT2D eigenvalue weighted by Gasteiger charge is 2.31. The Balaban J connectivity index is 2.51. The van der Waals surface area contributed by atoms with E-state index < -0.39 is 5.60 Å². The molecule has 2 aromatic rings. The number of hydrogen-bond acceptors (Lipinski definition) is 2. The first kappa shape index (κ1) is 14.1. The van der Waals surface area contributed by atoms with Crippen molar-refractivity contribution >= 4 is 27.5 Å². The summed E-state index contributed by atoms with van der Waals surface area (Å²) in [4.78, 5) is 0. The van der Waals surface area contributed by atoms with Crippen molar-refractivity contribution in [2.24, 2.45) is 0 Å². The maximum Gasteiger partial charge on any atom is 0.128 e. The van der Waals surface area contributed by atoms with Gasteiger partial charge in [-0.2, -0.15) is 5.26 Å². The van der Waals surface area contributed by atoms with Crippen LogP contribution in [0, 0.1) is 11.3 Å². The zero-order chi connectivity index (χ0) is 13.9. The Hall–Kier alpha value is -1.34. The molecule has 0 aromatic heterocycles. The second-order valence-electron chi connectivity index (χ2n) is 4.21. The predicted molar refractivity (Wildman–Crippen MR) is 78.8 cm³/mol. The van der Waals surface area contributed by atoms with E-state index in [1.165, 1.54) is 0 Å². The zero-order valence-corrected chi connectivity index (χ0v) is 12.3. The van der Waals surface area contributed by atoms with E-state index >= 15 is 0 Å². The molecule has 4 heteroatoms. The Morgan fingerprint density at radius 1 is 1.05 bits per heavy atom. The number of nitrogens with zero attached hydrogens (tertiary/aromatic N) is 1. The highest BCUT2D eigenvalue weighted by molar-refractivity contribution is 9.10. The Morgan fingerprint density at radius 3 is 2.00 bits per heavy atom. The van der Waals surface area contributed by atoms with Gasteiger partial charge in [0, 0.05) is 9.50 Å². The second kappa shape index (κ2) is 5.75. The summed E-state index contributed by atoms with van der Waals surface area (Å²) in [7, 11) is 0. The first-order chi connectivity index (χ1) is 9.06. The summed E-state index contributed by atoms with van der Waals surface area (Å²) in [5.41, 5.74) is 0.0142. The monoisotopic (exact) mass is 335 g/mol. The van der Waals surface area contributed by atoms with Crippen molar-refractivity contribution in [3.8, 4) is 6.07 Å². The molecule has 1 unspecified atom stereocenters. The SMILES string of the molecule is N#CCC(O)(c1ccc(Cl)cc1)c1ccc(Br)cc1. The quantitative estimate of drug-likeness (QED) is 0.910. The fraction of sp³-hybridized carbons (Fsp3) is 0.133. The Morgan fingerprint density at radius 2 is 1.53 bits per heavy atom. The molecule has 2 nitrogen and oxygen atoms in total. The van der Waals surface area contributed by atoms with Crippen LogP contribution < -0.4 is 0 Å². The lowest BCUT2D eigenvalue weighted by molar-refractivity contribution is 0.0860. The van der Waals surface area contributed by atoms with E-state index in [2.05, 4.69) is 15.9 Å². The molecule has 0 aliphatic heterocycles. The average molecular weight is 337 g/mol. The van der Waals surface area contributed by atoms with Crippen LogP contribution in [0.5, 0.6) is 0 Å². The van der Waals surface area contributed by atoms with Gasteiger partial charge in [0.2, 0.25) is 0 Å². The van der Waals surface area contributed by atoms with E-state index in [4.69, 9.17) is 16.9 Å². The Bertz CT molecular complexity index is 556. The summed E-state index contributed by atoms with van der Waals surface area (Å²) in [5, 5.41) is 20.4. The van der Waals surface area contributed by atoms with Gasteiger partial charge in [0.05, 0.1) is 12.5 Å². The van der Waals surface area contributed by atoms with Crippen molar-refractivity contribution in [2.45, 2.75) is 12.0 Å². The molecule has 0 heterocycles. The zero-order valence-electron chi connectivity index (χ0n) is 9.98. The highest BCUT2D eigenvalue weighted by Crippen LogP contribution is 2.33. The van der Waals surface area contributed by atoms with Crippen LogP contribution in [0.3, 0.4) is 0 Å². The van der Waals surface area contributed by atoms with Gasteiger partial charge in [-0.25, -0.2) is 0 Å². The number of benzene rings is 2. The lowest BCUT2D eigenvalue weighted by Gasteiger charge is -2.27. The second-order valence-corrected chi connectivity index (χ2v) is 5.56. The van der Waals surface area contributed by atoms with E-state index in [0.29, 0.717) is 16.1 Å². The molecule has 0 aliphatic carbocycles. The van der Waals surface area contributed by atoms with Gasteiger partial charge < -0.3 is 5.11 Å². The summed E-state index contributed by atoms with van der Waals surface area (Å²) in [6.07, 6.45) is -0.0176. The Labute approximate surface area is 125 Å². The van der Waals surface area contributed by atoms with Crippen LogP contribution in [0.4, 0.5) is 0 Å². The van der Waals surface area contributed by atoms with Crippen molar-refractivity contribution in [2.75, 3.05) is 0 Å². The molecule has 96 valence electrons. The van der Waals surface area contributed by atoms with Gasteiger partial charge in [-0.05, 0) is 35.4 Å². The normalized spacial score (nSPS) is 13.6. The third-order valence-electron chi connectivity index (χ3n) is 2.98. The number of halogens is 2.